The number of ether oxygens (including phenoxy) is 2. The molecule has 176 valence electrons. The molecule has 8 heteroatoms. The molecule has 3 rings (SSSR count). The summed E-state index contributed by atoms with van der Waals surface area (Å²) >= 11 is 0. The number of rotatable bonds is 12. The van der Waals surface area contributed by atoms with Crippen LogP contribution in [0.2, 0.25) is 0 Å². The van der Waals surface area contributed by atoms with Crippen molar-refractivity contribution in [2.45, 2.75) is 32.4 Å². The molecular weight excluding hydrogens is 421 g/mol. The molecule has 2 aromatic rings. The van der Waals surface area contributed by atoms with Gasteiger partial charge in [0, 0.05) is 31.9 Å². The topological polar surface area (TPSA) is 54.0 Å². The van der Waals surface area contributed by atoms with E-state index in [0.717, 1.165) is 38.9 Å². The van der Waals surface area contributed by atoms with E-state index < -0.39 is 12.8 Å². The van der Waals surface area contributed by atoms with Crippen molar-refractivity contribution in [3.8, 4) is 11.5 Å². The number of hydrogen-bond donors (Lipinski definition) is 2. The second kappa shape index (κ2) is 11.4. The highest BCUT2D eigenvalue weighted by Gasteiger charge is 2.29. The lowest BCUT2D eigenvalue weighted by atomic mass is 10.0. The summed E-state index contributed by atoms with van der Waals surface area (Å²) < 4.78 is 47.6. The van der Waals surface area contributed by atoms with E-state index in [4.69, 9.17) is 14.6 Å². The van der Waals surface area contributed by atoms with Gasteiger partial charge in [0.2, 0.25) is 0 Å². The molecule has 2 N–H and O–H groups in total. The maximum absolute atomic E-state index is 12.4. The second-order valence-corrected chi connectivity index (χ2v) is 7.93. The van der Waals surface area contributed by atoms with E-state index in [-0.39, 0.29) is 12.4 Å². The third kappa shape index (κ3) is 7.03. The SMILES string of the molecule is Cc1cc(CCNCCOc2ccccc2OCC(F)(F)F)cc2c1N(CCCO)CC2. The van der Waals surface area contributed by atoms with Crippen LogP contribution in [0.15, 0.2) is 36.4 Å². The fourth-order valence-electron chi connectivity index (χ4n) is 4.01. The number of hydrogen-bond acceptors (Lipinski definition) is 5. The monoisotopic (exact) mass is 452 g/mol. The summed E-state index contributed by atoms with van der Waals surface area (Å²) in [4.78, 5) is 2.36. The van der Waals surface area contributed by atoms with Gasteiger partial charge in [-0.2, -0.15) is 13.2 Å². The number of para-hydroxylation sites is 2. The third-order valence-corrected chi connectivity index (χ3v) is 5.36. The highest BCUT2D eigenvalue weighted by atomic mass is 19.4. The molecule has 1 aliphatic rings. The summed E-state index contributed by atoms with van der Waals surface area (Å²) in [5.74, 6) is 0.394. The first-order chi connectivity index (χ1) is 15.4. The van der Waals surface area contributed by atoms with Crippen LogP contribution in [0.4, 0.5) is 18.9 Å². The Labute approximate surface area is 187 Å². The Hall–Kier alpha value is -2.45. The number of halogens is 3. The third-order valence-electron chi connectivity index (χ3n) is 5.36. The fourth-order valence-corrected chi connectivity index (χ4v) is 4.01. The zero-order valence-corrected chi connectivity index (χ0v) is 18.4. The Morgan fingerprint density at radius 3 is 2.56 bits per heavy atom. The Balaban J connectivity index is 1.41. The summed E-state index contributed by atoms with van der Waals surface area (Å²) in [6, 6.07) is 10.9. The van der Waals surface area contributed by atoms with Gasteiger partial charge in [0.25, 0.3) is 0 Å². The van der Waals surface area contributed by atoms with Gasteiger partial charge in [-0.1, -0.05) is 24.3 Å². The van der Waals surface area contributed by atoms with Gasteiger partial charge in [-0.15, -0.1) is 0 Å². The van der Waals surface area contributed by atoms with Gasteiger partial charge in [-0.3, -0.25) is 0 Å². The molecule has 0 saturated heterocycles. The van der Waals surface area contributed by atoms with E-state index in [1.54, 1.807) is 18.2 Å². The molecule has 0 fully saturated rings. The fraction of sp³-hybridized carbons (Fsp3) is 0.500. The number of aliphatic hydroxyl groups is 1. The van der Waals surface area contributed by atoms with Gasteiger partial charge >= 0.3 is 6.18 Å². The van der Waals surface area contributed by atoms with Gasteiger partial charge in [0.15, 0.2) is 18.1 Å². The Kier molecular flexibility index (Phi) is 8.64. The number of aryl methyl sites for hydroxylation is 1. The largest absolute Gasteiger partial charge is 0.488 e. The molecule has 0 aliphatic carbocycles. The van der Waals surface area contributed by atoms with Crippen LogP contribution in [0, 0.1) is 6.92 Å². The molecule has 1 aliphatic heterocycles. The minimum Gasteiger partial charge on any atom is -0.488 e. The van der Waals surface area contributed by atoms with Crippen molar-refractivity contribution < 1.29 is 27.8 Å². The predicted molar refractivity (Wildman–Crippen MR) is 119 cm³/mol. The molecule has 5 nitrogen and oxygen atoms in total. The summed E-state index contributed by atoms with van der Waals surface area (Å²) in [5.41, 5.74) is 5.24. The number of anilines is 1. The first kappa shape index (κ1) is 24.2. The highest BCUT2D eigenvalue weighted by Crippen LogP contribution is 2.33. The van der Waals surface area contributed by atoms with Crippen molar-refractivity contribution in [1.82, 2.24) is 5.32 Å². The molecule has 0 unspecified atom stereocenters. The molecule has 2 aromatic carbocycles. The molecule has 0 radical (unpaired) electrons. The Morgan fingerprint density at radius 1 is 1.09 bits per heavy atom. The average Bonchev–Trinajstić information content (AvgIpc) is 3.16. The minimum absolute atomic E-state index is 0.0893. The van der Waals surface area contributed by atoms with Gasteiger partial charge < -0.3 is 24.8 Å². The number of nitrogens with zero attached hydrogens (tertiary/aromatic N) is 1. The predicted octanol–water partition coefficient (Wildman–Crippen LogP) is 3.89. The first-order valence-electron chi connectivity index (χ1n) is 11.0. The van der Waals surface area contributed by atoms with Crippen molar-refractivity contribution in [1.29, 1.82) is 0 Å². The standard InChI is InChI=1S/C24H31F3N2O3/c1-18-15-19(16-20-8-12-29(23(18)20)11-4-13-30)7-9-28-10-14-31-21-5-2-3-6-22(21)32-17-24(25,26)27/h2-3,5-6,15-16,28,30H,4,7-14,17H2,1H3. The van der Waals surface area contributed by atoms with Crippen LogP contribution in [0.1, 0.15) is 23.1 Å². The molecule has 0 spiro atoms. The van der Waals surface area contributed by atoms with Gasteiger partial charge in [-0.05, 0) is 61.6 Å². The molecule has 0 saturated carbocycles. The quantitative estimate of drug-likeness (QED) is 0.479. The number of nitrogens with one attached hydrogen (secondary N) is 1. The molecule has 0 amide bonds. The van der Waals surface area contributed by atoms with E-state index in [2.05, 4.69) is 29.3 Å². The lowest BCUT2D eigenvalue weighted by Gasteiger charge is -2.21. The molecule has 0 aromatic heterocycles. The van der Waals surface area contributed by atoms with Crippen molar-refractivity contribution in [2.75, 3.05) is 50.9 Å². The van der Waals surface area contributed by atoms with Crippen molar-refractivity contribution in [3.63, 3.8) is 0 Å². The average molecular weight is 453 g/mol. The summed E-state index contributed by atoms with van der Waals surface area (Å²) in [6.45, 7) is 4.58. The summed E-state index contributed by atoms with van der Waals surface area (Å²) in [6.07, 6.45) is -1.68. The minimum atomic E-state index is -4.39. The van der Waals surface area contributed by atoms with Gasteiger partial charge in [0.1, 0.15) is 6.61 Å². The number of benzene rings is 2. The highest BCUT2D eigenvalue weighted by molar-refractivity contribution is 5.64. The zero-order chi connectivity index (χ0) is 23.0. The number of aliphatic hydroxyl groups excluding tert-OH is 1. The Morgan fingerprint density at radius 2 is 1.84 bits per heavy atom. The van der Waals surface area contributed by atoms with Crippen molar-refractivity contribution >= 4 is 5.69 Å². The molecule has 0 atom stereocenters. The van der Waals surface area contributed by atoms with Crippen molar-refractivity contribution in [3.05, 3.63) is 53.1 Å². The lowest BCUT2D eigenvalue weighted by molar-refractivity contribution is -0.153. The summed E-state index contributed by atoms with van der Waals surface area (Å²) in [5, 5.41) is 12.4. The zero-order valence-electron chi connectivity index (χ0n) is 18.4. The van der Waals surface area contributed by atoms with E-state index in [1.807, 2.05) is 0 Å². The first-order valence-corrected chi connectivity index (χ1v) is 11.0. The van der Waals surface area contributed by atoms with Crippen LogP contribution in [-0.2, 0) is 12.8 Å². The van der Waals surface area contributed by atoms with Gasteiger partial charge in [0.05, 0.1) is 0 Å². The smallest absolute Gasteiger partial charge is 0.422 e. The Bertz CT molecular complexity index is 874. The lowest BCUT2D eigenvalue weighted by Crippen LogP contribution is -2.24. The van der Waals surface area contributed by atoms with Crippen LogP contribution in [0.3, 0.4) is 0 Å². The van der Waals surface area contributed by atoms with E-state index in [9.17, 15) is 13.2 Å². The normalized spacial score (nSPS) is 13.3. The summed E-state index contributed by atoms with van der Waals surface area (Å²) in [7, 11) is 0. The van der Waals surface area contributed by atoms with Crippen LogP contribution < -0.4 is 19.7 Å². The van der Waals surface area contributed by atoms with E-state index in [0.29, 0.717) is 18.9 Å². The number of fused-ring (bicyclic) bond motifs is 1. The second-order valence-electron chi connectivity index (χ2n) is 7.93. The maximum atomic E-state index is 12.4. The number of alkyl halides is 3. The van der Waals surface area contributed by atoms with Crippen molar-refractivity contribution in [2.24, 2.45) is 0 Å². The van der Waals surface area contributed by atoms with E-state index >= 15 is 0 Å². The van der Waals surface area contributed by atoms with Crippen LogP contribution in [0.25, 0.3) is 0 Å². The molecule has 1 heterocycles. The van der Waals surface area contributed by atoms with Crippen LogP contribution in [0.5, 0.6) is 11.5 Å². The van der Waals surface area contributed by atoms with Gasteiger partial charge in [-0.25, -0.2) is 0 Å². The van der Waals surface area contributed by atoms with Crippen LogP contribution in [-0.4, -0.2) is 57.3 Å². The van der Waals surface area contributed by atoms with Crippen LogP contribution >= 0.6 is 0 Å². The molecule has 32 heavy (non-hydrogen) atoms. The maximum Gasteiger partial charge on any atom is 0.422 e. The molecule has 0 bridgehead atoms. The van der Waals surface area contributed by atoms with E-state index in [1.165, 1.54) is 28.4 Å². The molecular formula is C24H31F3N2O3.